The molecule has 0 spiro atoms. The van der Waals surface area contributed by atoms with Crippen LogP contribution in [0.15, 0.2) is 43.0 Å². The van der Waals surface area contributed by atoms with Crippen molar-refractivity contribution in [1.29, 1.82) is 0 Å². The van der Waals surface area contributed by atoms with Crippen molar-refractivity contribution >= 4 is 32.8 Å². The average Bonchev–Trinajstić information content (AvgIpc) is 2.27. The molecule has 0 amide bonds. The van der Waals surface area contributed by atoms with Gasteiger partial charge in [0.25, 0.3) is 0 Å². The van der Waals surface area contributed by atoms with Gasteiger partial charge < -0.3 is 0 Å². The molecule has 0 atom stereocenters. The fraction of sp³-hybridized carbons (Fsp3) is 0.0769. The van der Waals surface area contributed by atoms with Crippen molar-refractivity contribution in [3.05, 3.63) is 54.1 Å². The summed E-state index contributed by atoms with van der Waals surface area (Å²) in [6.45, 7) is 3.87. The molecule has 0 fully saturated rings. The Morgan fingerprint density at radius 3 is 2.64 bits per heavy atom. The van der Waals surface area contributed by atoms with Crippen LogP contribution in [0, 0.1) is 0 Å². The second-order valence-corrected chi connectivity index (χ2v) is 3.76. The maximum atomic E-state index is 3.87. The van der Waals surface area contributed by atoms with E-state index in [-0.39, 0.29) is 0 Å². The van der Waals surface area contributed by atoms with Crippen molar-refractivity contribution in [2.24, 2.45) is 0 Å². The Labute approximate surface area is 92.4 Å². The van der Waals surface area contributed by atoms with Gasteiger partial charge in [0, 0.05) is 5.33 Å². The fourth-order valence-corrected chi connectivity index (χ4v) is 2.19. The summed E-state index contributed by atoms with van der Waals surface area (Å²) < 4.78 is 0. The summed E-state index contributed by atoms with van der Waals surface area (Å²) in [5.74, 6) is 0. The van der Waals surface area contributed by atoms with Crippen LogP contribution in [0.25, 0.3) is 16.8 Å². The predicted molar refractivity (Wildman–Crippen MR) is 66.7 cm³/mol. The topological polar surface area (TPSA) is 0 Å². The molecule has 0 heterocycles. The molecule has 0 bridgehead atoms. The highest BCUT2D eigenvalue weighted by molar-refractivity contribution is 9.08. The summed E-state index contributed by atoms with van der Waals surface area (Å²) in [6, 6.07) is 12.7. The third-order valence-corrected chi connectivity index (χ3v) is 3.01. The molecule has 0 radical (unpaired) electrons. The van der Waals surface area contributed by atoms with Gasteiger partial charge in [-0.1, -0.05) is 65.0 Å². The van der Waals surface area contributed by atoms with Gasteiger partial charge in [0.15, 0.2) is 0 Å². The van der Waals surface area contributed by atoms with Crippen molar-refractivity contribution in [2.45, 2.75) is 5.33 Å². The molecule has 2 aromatic rings. The zero-order valence-electron chi connectivity index (χ0n) is 7.83. The maximum Gasteiger partial charge on any atom is 0.0289 e. The SMILES string of the molecule is C=Cc1c(CBr)ccc2ccccc12. The maximum absolute atomic E-state index is 3.87. The van der Waals surface area contributed by atoms with Crippen LogP contribution in [0.5, 0.6) is 0 Å². The normalized spacial score (nSPS) is 10.4. The van der Waals surface area contributed by atoms with Crippen molar-refractivity contribution in [1.82, 2.24) is 0 Å². The third-order valence-electron chi connectivity index (χ3n) is 2.41. The summed E-state index contributed by atoms with van der Waals surface area (Å²) in [7, 11) is 0. The smallest absolute Gasteiger partial charge is 0.0289 e. The molecule has 14 heavy (non-hydrogen) atoms. The predicted octanol–water partition coefficient (Wildman–Crippen LogP) is 4.38. The Morgan fingerprint density at radius 1 is 1.14 bits per heavy atom. The molecular formula is C13H11Br. The Morgan fingerprint density at radius 2 is 1.93 bits per heavy atom. The highest BCUT2D eigenvalue weighted by Gasteiger charge is 2.02. The Kier molecular flexibility index (Phi) is 2.69. The van der Waals surface area contributed by atoms with E-state index >= 15 is 0 Å². The molecule has 0 aliphatic rings. The largest absolute Gasteiger partial charge is 0.0984 e. The van der Waals surface area contributed by atoms with E-state index in [1.807, 2.05) is 6.08 Å². The van der Waals surface area contributed by atoms with E-state index in [0.29, 0.717) is 0 Å². The van der Waals surface area contributed by atoms with Gasteiger partial charge in [-0.05, 0) is 21.9 Å². The molecule has 0 N–H and O–H groups in total. The lowest BCUT2D eigenvalue weighted by molar-refractivity contribution is 1.44. The van der Waals surface area contributed by atoms with Crippen molar-refractivity contribution in [2.75, 3.05) is 0 Å². The van der Waals surface area contributed by atoms with Gasteiger partial charge in [-0.2, -0.15) is 0 Å². The first kappa shape index (κ1) is 9.47. The number of halogens is 1. The fourth-order valence-electron chi connectivity index (χ4n) is 1.70. The van der Waals surface area contributed by atoms with Crippen LogP contribution in [0.4, 0.5) is 0 Å². The van der Waals surface area contributed by atoms with Gasteiger partial charge in [0.05, 0.1) is 0 Å². The molecular weight excluding hydrogens is 236 g/mol. The van der Waals surface area contributed by atoms with Crippen LogP contribution in [0.2, 0.25) is 0 Å². The first-order valence-electron chi connectivity index (χ1n) is 4.56. The number of rotatable bonds is 2. The standard InChI is InChI=1S/C13H11Br/c1-2-12-11(9-14)8-7-10-5-3-4-6-13(10)12/h2-8H,1,9H2. The number of hydrogen-bond acceptors (Lipinski definition) is 0. The van der Waals surface area contributed by atoms with Crippen molar-refractivity contribution in [3.8, 4) is 0 Å². The van der Waals surface area contributed by atoms with Gasteiger partial charge in [-0.3, -0.25) is 0 Å². The van der Waals surface area contributed by atoms with Crippen LogP contribution in [-0.2, 0) is 5.33 Å². The number of fused-ring (bicyclic) bond motifs is 1. The molecule has 0 nitrogen and oxygen atoms in total. The third kappa shape index (κ3) is 1.48. The lowest BCUT2D eigenvalue weighted by Crippen LogP contribution is -1.86. The van der Waals surface area contributed by atoms with Crippen LogP contribution < -0.4 is 0 Å². The zero-order chi connectivity index (χ0) is 9.97. The van der Waals surface area contributed by atoms with Crippen LogP contribution in [0.1, 0.15) is 11.1 Å². The van der Waals surface area contributed by atoms with Crippen LogP contribution in [-0.4, -0.2) is 0 Å². The molecule has 0 aromatic heterocycles. The monoisotopic (exact) mass is 246 g/mol. The van der Waals surface area contributed by atoms with Crippen LogP contribution in [0.3, 0.4) is 0 Å². The molecule has 0 aliphatic carbocycles. The van der Waals surface area contributed by atoms with Crippen molar-refractivity contribution < 1.29 is 0 Å². The quantitative estimate of drug-likeness (QED) is 0.691. The van der Waals surface area contributed by atoms with Gasteiger partial charge in [0.1, 0.15) is 0 Å². The first-order chi connectivity index (χ1) is 6.86. The Bertz CT molecular complexity index is 472. The van der Waals surface area contributed by atoms with Crippen LogP contribution >= 0.6 is 15.9 Å². The van der Waals surface area contributed by atoms with E-state index in [9.17, 15) is 0 Å². The number of alkyl halides is 1. The van der Waals surface area contributed by atoms with Gasteiger partial charge >= 0.3 is 0 Å². The highest BCUT2D eigenvalue weighted by atomic mass is 79.9. The summed E-state index contributed by atoms with van der Waals surface area (Å²) >= 11 is 3.49. The van der Waals surface area contributed by atoms with Gasteiger partial charge in [-0.15, -0.1) is 0 Å². The van der Waals surface area contributed by atoms with E-state index in [4.69, 9.17) is 0 Å². The summed E-state index contributed by atoms with van der Waals surface area (Å²) in [5, 5.41) is 3.42. The Hall–Kier alpha value is -1.08. The van der Waals surface area contributed by atoms with E-state index in [1.165, 1.54) is 21.9 Å². The minimum absolute atomic E-state index is 0.874. The molecule has 2 rings (SSSR count). The van der Waals surface area contributed by atoms with E-state index in [2.05, 4.69) is 58.9 Å². The summed E-state index contributed by atoms with van der Waals surface area (Å²) in [6.07, 6.45) is 1.93. The van der Waals surface area contributed by atoms with Gasteiger partial charge in [-0.25, -0.2) is 0 Å². The van der Waals surface area contributed by atoms with Gasteiger partial charge in [0.2, 0.25) is 0 Å². The van der Waals surface area contributed by atoms with Crippen molar-refractivity contribution in [3.63, 3.8) is 0 Å². The summed E-state index contributed by atoms with van der Waals surface area (Å²) in [5.41, 5.74) is 2.53. The van der Waals surface area contributed by atoms with E-state index in [0.717, 1.165) is 5.33 Å². The van der Waals surface area contributed by atoms with E-state index in [1.54, 1.807) is 0 Å². The number of benzene rings is 2. The Balaban J connectivity index is 2.83. The highest BCUT2D eigenvalue weighted by Crippen LogP contribution is 2.24. The second-order valence-electron chi connectivity index (χ2n) is 3.20. The number of hydrogen-bond donors (Lipinski definition) is 0. The second kappa shape index (κ2) is 3.97. The molecule has 0 unspecified atom stereocenters. The van der Waals surface area contributed by atoms with E-state index < -0.39 is 0 Å². The first-order valence-corrected chi connectivity index (χ1v) is 5.68. The molecule has 0 aliphatic heterocycles. The zero-order valence-corrected chi connectivity index (χ0v) is 9.42. The molecule has 70 valence electrons. The average molecular weight is 247 g/mol. The molecule has 1 heteroatoms. The molecule has 2 aromatic carbocycles. The molecule has 0 saturated carbocycles. The summed E-state index contributed by atoms with van der Waals surface area (Å²) in [4.78, 5) is 0. The minimum Gasteiger partial charge on any atom is -0.0984 e. The lowest BCUT2D eigenvalue weighted by atomic mass is 10.00. The lowest BCUT2D eigenvalue weighted by Gasteiger charge is -2.06. The minimum atomic E-state index is 0.874. The molecule has 0 saturated heterocycles.